The number of anilines is 1. The maximum absolute atomic E-state index is 4.76. The van der Waals surface area contributed by atoms with Crippen molar-refractivity contribution < 1.29 is 0 Å². The maximum atomic E-state index is 4.76. The molecule has 2 heterocycles. The highest BCUT2D eigenvalue weighted by molar-refractivity contribution is 6.26. The average Bonchev–Trinajstić information content (AvgIpc) is 3.12. The number of rotatable bonds is 3. The van der Waals surface area contributed by atoms with Crippen LogP contribution in [0.1, 0.15) is 11.1 Å². The fraction of sp³-hybridized carbons (Fsp3) is 0. The Morgan fingerprint density at radius 3 is 2.24 bits per heavy atom. The first-order valence-electron chi connectivity index (χ1n) is 9.47. The average molecular weight is 374 g/mol. The zero-order chi connectivity index (χ0) is 19.5. The summed E-state index contributed by atoms with van der Waals surface area (Å²) in [4.78, 5) is 13.7. The Bertz CT molecular complexity index is 1210. The topological polar surface area (TPSA) is 49.6 Å². The molecule has 4 heteroatoms. The van der Waals surface area contributed by atoms with Crippen LogP contribution in [-0.4, -0.2) is 16.7 Å². The monoisotopic (exact) mass is 374 g/mol. The molecule has 0 bridgehead atoms. The summed E-state index contributed by atoms with van der Waals surface area (Å²) >= 11 is 0. The molecule has 0 saturated heterocycles. The largest absolute Gasteiger partial charge is 0.340 e. The van der Waals surface area contributed by atoms with E-state index in [1.165, 1.54) is 5.56 Å². The zero-order valence-electron chi connectivity index (χ0n) is 15.7. The fourth-order valence-corrected chi connectivity index (χ4v) is 3.36. The normalized spacial score (nSPS) is 13.8. The van der Waals surface area contributed by atoms with Gasteiger partial charge in [-0.25, -0.2) is 15.0 Å². The molecule has 1 aromatic heterocycles. The Labute approximate surface area is 169 Å². The van der Waals surface area contributed by atoms with Crippen molar-refractivity contribution in [2.45, 2.75) is 0 Å². The third-order valence-electron chi connectivity index (χ3n) is 4.74. The van der Waals surface area contributed by atoms with Gasteiger partial charge in [0.15, 0.2) is 11.7 Å². The van der Waals surface area contributed by atoms with Gasteiger partial charge in [-0.1, -0.05) is 72.8 Å². The van der Waals surface area contributed by atoms with Crippen molar-refractivity contribution in [2.75, 3.05) is 5.32 Å². The highest BCUT2D eigenvalue weighted by Crippen LogP contribution is 2.26. The van der Waals surface area contributed by atoms with Crippen LogP contribution in [0.15, 0.2) is 113 Å². The van der Waals surface area contributed by atoms with Crippen LogP contribution in [0.5, 0.6) is 0 Å². The van der Waals surface area contributed by atoms with E-state index in [4.69, 9.17) is 4.99 Å². The summed E-state index contributed by atoms with van der Waals surface area (Å²) in [7, 11) is 0. The highest BCUT2D eigenvalue weighted by atomic mass is 15.1. The van der Waals surface area contributed by atoms with E-state index in [0.29, 0.717) is 11.7 Å². The molecule has 1 N–H and O–H groups in total. The van der Waals surface area contributed by atoms with E-state index in [-0.39, 0.29) is 0 Å². The Hall–Kier alpha value is -4.05. The molecule has 4 aromatic rings. The summed E-state index contributed by atoms with van der Waals surface area (Å²) in [5.74, 6) is 2.11. The third kappa shape index (κ3) is 3.56. The summed E-state index contributed by atoms with van der Waals surface area (Å²) in [6, 6.07) is 32.5. The Kier molecular flexibility index (Phi) is 4.43. The van der Waals surface area contributed by atoms with Crippen LogP contribution >= 0.6 is 0 Å². The van der Waals surface area contributed by atoms with Gasteiger partial charge < -0.3 is 5.32 Å². The van der Waals surface area contributed by atoms with Gasteiger partial charge in [0.2, 0.25) is 0 Å². The second kappa shape index (κ2) is 7.52. The minimum atomic E-state index is 0.647. The Morgan fingerprint density at radius 1 is 0.655 bits per heavy atom. The second-order valence-corrected chi connectivity index (χ2v) is 6.70. The predicted octanol–water partition coefficient (Wildman–Crippen LogP) is 5.70. The van der Waals surface area contributed by atoms with Crippen LogP contribution in [-0.2, 0) is 0 Å². The van der Waals surface area contributed by atoms with Crippen LogP contribution in [0, 0.1) is 0 Å². The molecule has 0 saturated carbocycles. The van der Waals surface area contributed by atoms with Crippen LogP contribution < -0.4 is 5.32 Å². The number of nitrogens with zero attached hydrogens (tertiary/aromatic N) is 3. The lowest BCUT2D eigenvalue weighted by Crippen LogP contribution is -2.11. The molecule has 0 spiro atoms. The zero-order valence-corrected chi connectivity index (χ0v) is 15.7. The maximum Gasteiger partial charge on any atom is 0.164 e. The van der Waals surface area contributed by atoms with E-state index >= 15 is 0 Å². The minimum absolute atomic E-state index is 0.647. The molecule has 29 heavy (non-hydrogen) atoms. The molecule has 1 aliphatic heterocycles. The molecular formula is C25H18N4. The first-order valence-corrected chi connectivity index (χ1v) is 9.47. The molecule has 0 amide bonds. The minimum Gasteiger partial charge on any atom is -0.340 e. The van der Waals surface area contributed by atoms with Gasteiger partial charge in [0.25, 0.3) is 0 Å². The van der Waals surface area contributed by atoms with E-state index < -0.39 is 0 Å². The van der Waals surface area contributed by atoms with E-state index in [0.717, 1.165) is 28.2 Å². The van der Waals surface area contributed by atoms with E-state index in [1.54, 1.807) is 6.20 Å². The molecule has 0 unspecified atom stereocenters. The number of hydrogen-bond acceptors (Lipinski definition) is 3. The van der Waals surface area contributed by atoms with Gasteiger partial charge in [0, 0.05) is 23.0 Å². The lowest BCUT2D eigenvalue weighted by molar-refractivity contribution is 1.27. The van der Waals surface area contributed by atoms with Gasteiger partial charge in [-0.3, -0.25) is 0 Å². The summed E-state index contributed by atoms with van der Waals surface area (Å²) in [5, 5.41) is 3.47. The number of benzene rings is 3. The van der Waals surface area contributed by atoms with Crippen LogP contribution in [0.25, 0.3) is 11.1 Å². The second-order valence-electron chi connectivity index (χ2n) is 6.70. The molecule has 0 fully saturated rings. The quantitative estimate of drug-likeness (QED) is 0.500. The van der Waals surface area contributed by atoms with Gasteiger partial charge >= 0.3 is 0 Å². The molecule has 5 rings (SSSR count). The summed E-state index contributed by atoms with van der Waals surface area (Å²) < 4.78 is 0. The number of pyridine rings is 1. The number of fused-ring (bicyclic) bond motifs is 1. The van der Waals surface area contributed by atoms with Gasteiger partial charge in [-0.15, -0.1) is 0 Å². The van der Waals surface area contributed by atoms with Crippen LogP contribution in [0.2, 0.25) is 0 Å². The van der Waals surface area contributed by atoms with Crippen molar-refractivity contribution in [1.29, 1.82) is 0 Å². The number of aliphatic imine (C=N–C) groups is 2. The lowest BCUT2D eigenvalue weighted by atomic mass is 10.0. The molecule has 4 nitrogen and oxygen atoms in total. The molecule has 3 aromatic carbocycles. The number of nitrogens with one attached hydrogen (secondary N) is 1. The van der Waals surface area contributed by atoms with Crippen molar-refractivity contribution in [2.24, 2.45) is 9.98 Å². The van der Waals surface area contributed by atoms with E-state index in [9.17, 15) is 0 Å². The van der Waals surface area contributed by atoms with Gasteiger partial charge in [0.05, 0.1) is 0 Å². The summed E-state index contributed by atoms with van der Waals surface area (Å²) in [5.41, 5.74) is 5.36. The van der Waals surface area contributed by atoms with E-state index in [2.05, 4.69) is 51.7 Å². The first kappa shape index (κ1) is 17.1. The highest BCUT2D eigenvalue weighted by Gasteiger charge is 2.21. The standard InChI is InChI=1S/C25H18N4/c1-2-9-18(10-3-1)19-11-8-12-20(17-19)27-24-21-13-4-5-14-22(21)25(29-24)28-23-15-6-7-16-26-23/h1-17H,(H,26,27,28,29). The van der Waals surface area contributed by atoms with Crippen molar-refractivity contribution in [3.8, 4) is 11.1 Å². The molecule has 1 aliphatic rings. The lowest BCUT2D eigenvalue weighted by Gasteiger charge is -2.09. The molecular weight excluding hydrogens is 356 g/mol. The summed E-state index contributed by atoms with van der Waals surface area (Å²) in [6.07, 6.45) is 1.73. The third-order valence-corrected chi connectivity index (χ3v) is 4.74. The number of amidine groups is 2. The van der Waals surface area contributed by atoms with Crippen molar-refractivity contribution >= 4 is 23.2 Å². The number of aromatic nitrogens is 1. The SMILES string of the molecule is c1ccc(-c2cccc(NC3=N/C(=N\c4ccccn4)c4ccccc43)c2)cc1. The first-order chi connectivity index (χ1) is 14.4. The van der Waals surface area contributed by atoms with Crippen molar-refractivity contribution in [3.05, 3.63) is 114 Å². The van der Waals surface area contributed by atoms with Gasteiger partial charge in [-0.05, 0) is 35.4 Å². The van der Waals surface area contributed by atoms with Crippen LogP contribution in [0.4, 0.5) is 11.5 Å². The van der Waals surface area contributed by atoms with Crippen molar-refractivity contribution in [1.82, 2.24) is 4.98 Å². The fourth-order valence-electron chi connectivity index (χ4n) is 3.36. The van der Waals surface area contributed by atoms with Gasteiger partial charge in [0.1, 0.15) is 5.84 Å². The Balaban J connectivity index is 1.50. The summed E-state index contributed by atoms with van der Waals surface area (Å²) in [6.45, 7) is 0. The molecule has 0 aliphatic carbocycles. The molecule has 0 radical (unpaired) electrons. The smallest absolute Gasteiger partial charge is 0.164 e. The van der Waals surface area contributed by atoms with Crippen LogP contribution in [0.3, 0.4) is 0 Å². The predicted molar refractivity (Wildman–Crippen MR) is 119 cm³/mol. The Morgan fingerprint density at radius 2 is 1.41 bits per heavy atom. The van der Waals surface area contributed by atoms with Crippen molar-refractivity contribution in [3.63, 3.8) is 0 Å². The molecule has 0 atom stereocenters. The molecule has 138 valence electrons. The number of hydrogen-bond donors (Lipinski definition) is 1. The van der Waals surface area contributed by atoms with E-state index in [1.807, 2.05) is 60.7 Å². The van der Waals surface area contributed by atoms with Gasteiger partial charge in [-0.2, -0.15) is 0 Å².